The van der Waals surface area contributed by atoms with E-state index in [1.165, 1.54) is 4.90 Å². The molecule has 8 nitrogen and oxygen atoms in total. The van der Waals surface area contributed by atoms with Crippen LogP contribution in [0.15, 0.2) is 18.2 Å². The molecule has 3 atom stereocenters. The number of nitrogens with zero attached hydrogens (tertiary/aromatic N) is 2. The molecule has 3 aliphatic heterocycles. The average Bonchev–Trinajstić information content (AvgIpc) is 3.11. The second-order valence-corrected chi connectivity index (χ2v) is 10.8. The Morgan fingerprint density at radius 2 is 1.78 bits per heavy atom. The summed E-state index contributed by atoms with van der Waals surface area (Å²) in [5.41, 5.74) is 1.39. The minimum Gasteiger partial charge on any atom is -0.489 e. The van der Waals surface area contributed by atoms with Crippen molar-refractivity contribution in [2.45, 2.75) is 94.2 Å². The van der Waals surface area contributed by atoms with Crippen molar-refractivity contribution in [3.05, 3.63) is 29.3 Å². The molecule has 0 aromatic heterocycles. The van der Waals surface area contributed by atoms with Gasteiger partial charge in [-0.3, -0.25) is 24.6 Å². The van der Waals surface area contributed by atoms with Crippen LogP contribution >= 0.6 is 0 Å². The fourth-order valence-electron chi connectivity index (χ4n) is 6.23. The van der Waals surface area contributed by atoms with Gasteiger partial charge in [0.15, 0.2) is 0 Å². The van der Waals surface area contributed by atoms with E-state index < -0.39 is 17.9 Å². The summed E-state index contributed by atoms with van der Waals surface area (Å²) in [5, 5.41) is 2.33. The van der Waals surface area contributed by atoms with Crippen LogP contribution < -0.4 is 10.1 Å². The summed E-state index contributed by atoms with van der Waals surface area (Å²) in [4.78, 5) is 40.6. The van der Waals surface area contributed by atoms with Crippen LogP contribution in [-0.2, 0) is 20.9 Å². The number of hydrogen-bond acceptors (Lipinski definition) is 6. The van der Waals surface area contributed by atoms with Gasteiger partial charge in [-0.2, -0.15) is 0 Å². The lowest BCUT2D eigenvalue weighted by atomic mass is 9.88. The van der Waals surface area contributed by atoms with E-state index in [-0.39, 0.29) is 55.4 Å². The molecule has 194 valence electrons. The normalized spacial score (nSPS) is 31.0. The molecule has 6 rings (SSSR count). The topological polar surface area (TPSA) is 88.2 Å². The van der Waals surface area contributed by atoms with Crippen LogP contribution in [0.2, 0.25) is 0 Å². The molecule has 3 heterocycles. The number of amides is 3. The number of ether oxygens (including phenoxy) is 2. The quantitative estimate of drug-likeness (QED) is 0.601. The third kappa shape index (κ3) is 4.49. The molecule has 0 bridgehead atoms. The molecule has 36 heavy (non-hydrogen) atoms. The maximum absolute atomic E-state index is 13.1. The lowest BCUT2D eigenvalue weighted by molar-refractivity contribution is -0.207. The van der Waals surface area contributed by atoms with Crippen molar-refractivity contribution in [3.8, 4) is 5.75 Å². The standard InChI is InChI=1S/C26H31F2N3O5/c27-26(28)10-17(11-26)35-18-13-30(14-18)20-3-1-2-4-22(20)36-16-5-6-19-15(9-16)12-31(25(19)34)21-7-8-23(32)29-24(21)33/h5-6,9,17-18,20-22H,1-4,7-8,10-14H2,(H,29,32,33). The Bertz CT molecular complexity index is 1070. The highest BCUT2D eigenvalue weighted by Crippen LogP contribution is 2.41. The molecule has 1 aromatic rings. The minimum atomic E-state index is -2.56. The summed E-state index contributed by atoms with van der Waals surface area (Å²) >= 11 is 0. The molecule has 1 aromatic carbocycles. The zero-order chi connectivity index (χ0) is 25.0. The van der Waals surface area contributed by atoms with Crippen LogP contribution in [-0.4, -0.2) is 76.9 Å². The molecule has 2 saturated heterocycles. The molecule has 0 radical (unpaired) electrons. The number of hydrogen-bond donors (Lipinski definition) is 1. The van der Waals surface area contributed by atoms with Crippen molar-refractivity contribution < 1.29 is 32.6 Å². The molecule has 2 saturated carbocycles. The third-order valence-corrected chi connectivity index (χ3v) is 8.23. The van der Waals surface area contributed by atoms with Gasteiger partial charge < -0.3 is 14.4 Å². The number of halogens is 2. The van der Waals surface area contributed by atoms with E-state index in [2.05, 4.69) is 10.2 Å². The van der Waals surface area contributed by atoms with Gasteiger partial charge in [0.25, 0.3) is 11.8 Å². The van der Waals surface area contributed by atoms with Gasteiger partial charge in [0, 0.05) is 50.5 Å². The molecule has 0 spiro atoms. The monoisotopic (exact) mass is 503 g/mol. The highest BCUT2D eigenvalue weighted by Gasteiger charge is 2.49. The van der Waals surface area contributed by atoms with Crippen LogP contribution in [0.5, 0.6) is 5.75 Å². The molecule has 1 N–H and O–H groups in total. The van der Waals surface area contributed by atoms with Crippen LogP contribution in [0.1, 0.15) is 67.3 Å². The Balaban J connectivity index is 1.07. The Hall–Kier alpha value is -2.59. The number of carbonyl (C=O) groups is 3. The van der Waals surface area contributed by atoms with E-state index in [1.54, 1.807) is 6.07 Å². The van der Waals surface area contributed by atoms with Crippen molar-refractivity contribution in [1.29, 1.82) is 0 Å². The number of rotatable bonds is 6. The SMILES string of the molecule is O=C1CCC(N2Cc3cc(OC4CCCCC4N4CC(OC5CC(F)(F)C5)C4)ccc3C2=O)C(=O)N1. The lowest BCUT2D eigenvalue weighted by Crippen LogP contribution is -2.62. The van der Waals surface area contributed by atoms with Gasteiger partial charge in [0.2, 0.25) is 11.8 Å². The van der Waals surface area contributed by atoms with E-state index in [0.717, 1.165) is 44.3 Å². The van der Waals surface area contributed by atoms with Crippen molar-refractivity contribution in [2.24, 2.45) is 0 Å². The predicted octanol–water partition coefficient (Wildman–Crippen LogP) is 2.64. The van der Waals surface area contributed by atoms with E-state index in [0.29, 0.717) is 24.3 Å². The third-order valence-electron chi connectivity index (χ3n) is 8.23. The smallest absolute Gasteiger partial charge is 0.255 e. The number of alkyl halides is 2. The summed E-state index contributed by atoms with van der Waals surface area (Å²) in [5.74, 6) is -2.78. The molecular formula is C26H31F2N3O5. The lowest BCUT2D eigenvalue weighted by Gasteiger charge is -2.50. The van der Waals surface area contributed by atoms with Crippen LogP contribution in [0, 0.1) is 0 Å². The maximum atomic E-state index is 13.1. The summed E-state index contributed by atoms with van der Waals surface area (Å²) in [6.45, 7) is 1.80. The molecule has 2 aliphatic carbocycles. The summed E-state index contributed by atoms with van der Waals surface area (Å²) < 4.78 is 38.4. The molecule has 4 fully saturated rings. The number of piperidine rings is 1. The molecule has 3 unspecified atom stereocenters. The number of imide groups is 1. The minimum absolute atomic E-state index is 0.00845. The Kier molecular flexibility index (Phi) is 5.99. The van der Waals surface area contributed by atoms with Gasteiger partial charge in [-0.15, -0.1) is 0 Å². The number of benzene rings is 1. The fourth-order valence-corrected chi connectivity index (χ4v) is 6.23. The van der Waals surface area contributed by atoms with Gasteiger partial charge in [-0.1, -0.05) is 6.42 Å². The highest BCUT2D eigenvalue weighted by atomic mass is 19.3. The number of nitrogens with one attached hydrogen (secondary N) is 1. The van der Waals surface area contributed by atoms with Crippen LogP contribution in [0.4, 0.5) is 8.78 Å². The Morgan fingerprint density at radius 1 is 1.00 bits per heavy atom. The average molecular weight is 504 g/mol. The van der Waals surface area contributed by atoms with E-state index >= 15 is 0 Å². The molecule has 10 heteroatoms. The van der Waals surface area contributed by atoms with Crippen LogP contribution in [0.3, 0.4) is 0 Å². The molecule has 5 aliphatic rings. The number of carbonyl (C=O) groups excluding carboxylic acids is 3. The van der Waals surface area contributed by atoms with E-state index in [1.807, 2.05) is 12.1 Å². The summed E-state index contributed by atoms with van der Waals surface area (Å²) in [6.07, 6.45) is 4.09. The first-order chi connectivity index (χ1) is 17.3. The fraction of sp³-hybridized carbons (Fsp3) is 0.654. The first-order valence-electron chi connectivity index (χ1n) is 13.0. The van der Waals surface area contributed by atoms with Crippen molar-refractivity contribution >= 4 is 17.7 Å². The zero-order valence-corrected chi connectivity index (χ0v) is 20.1. The van der Waals surface area contributed by atoms with Gasteiger partial charge >= 0.3 is 0 Å². The Labute approximate surface area is 208 Å². The second kappa shape index (κ2) is 9.06. The second-order valence-electron chi connectivity index (χ2n) is 10.8. The van der Waals surface area contributed by atoms with Crippen LogP contribution in [0.25, 0.3) is 0 Å². The van der Waals surface area contributed by atoms with Gasteiger partial charge in [0.05, 0.1) is 12.2 Å². The van der Waals surface area contributed by atoms with Gasteiger partial charge in [0.1, 0.15) is 17.9 Å². The molecular weight excluding hydrogens is 472 g/mol. The summed E-state index contributed by atoms with van der Waals surface area (Å²) in [7, 11) is 0. The van der Waals surface area contributed by atoms with E-state index in [9.17, 15) is 23.2 Å². The van der Waals surface area contributed by atoms with Crippen molar-refractivity contribution in [3.63, 3.8) is 0 Å². The summed E-state index contributed by atoms with van der Waals surface area (Å²) in [6, 6.07) is 5.08. The Morgan fingerprint density at radius 3 is 2.53 bits per heavy atom. The van der Waals surface area contributed by atoms with Gasteiger partial charge in [-0.25, -0.2) is 8.78 Å². The maximum Gasteiger partial charge on any atom is 0.255 e. The molecule has 3 amide bonds. The highest BCUT2D eigenvalue weighted by molar-refractivity contribution is 6.05. The van der Waals surface area contributed by atoms with Crippen molar-refractivity contribution in [2.75, 3.05) is 13.1 Å². The predicted molar refractivity (Wildman–Crippen MR) is 124 cm³/mol. The first-order valence-corrected chi connectivity index (χ1v) is 13.0. The van der Waals surface area contributed by atoms with Gasteiger partial charge in [-0.05, 0) is 49.4 Å². The largest absolute Gasteiger partial charge is 0.489 e. The first kappa shape index (κ1) is 23.8. The number of fused-ring (bicyclic) bond motifs is 1. The zero-order valence-electron chi connectivity index (χ0n) is 20.1. The number of likely N-dealkylation sites (tertiary alicyclic amines) is 1. The van der Waals surface area contributed by atoms with Crippen molar-refractivity contribution in [1.82, 2.24) is 15.1 Å². The van der Waals surface area contributed by atoms with E-state index in [4.69, 9.17) is 9.47 Å².